The Bertz CT molecular complexity index is 1080. The molecule has 1 saturated carbocycles. The first-order chi connectivity index (χ1) is 15.7. The fourth-order valence-electron chi connectivity index (χ4n) is 5.19. The number of nitrogens with one attached hydrogen (secondary N) is 1. The highest BCUT2D eigenvalue weighted by Gasteiger charge is 2.55. The van der Waals surface area contributed by atoms with E-state index in [1.807, 2.05) is 9.58 Å². The zero-order chi connectivity index (χ0) is 23.4. The highest BCUT2D eigenvalue weighted by atomic mass is 19.4. The number of pyridine rings is 1. The summed E-state index contributed by atoms with van der Waals surface area (Å²) in [6.07, 6.45) is 2.74. The van der Waals surface area contributed by atoms with Gasteiger partial charge in [0.1, 0.15) is 5.82 Å². The van der Waals surface area contributed by atoms with E-state index in [0.29, 0.717) is 18.7 Å². The number of hydrogen-bond donors (Lipinski definition) is 1. The minimum Gasteiger partial charge on any atom is -0.337 e. The largest absolute Gasteiger partial charge is 0.416 e. The molecule has 8 nitrogen and oxygen atoms in total. The second-order valence-corrected chi connectivity index (χ2v) is 9.38. The van der Waals surface area contributed by atoms with Crippen molar-refractivity contribution in [2.75, 3.05) is 25.5 Å². The molecule has 2 aromatic rings. The number of carbonyl (C=O) groups is 2. The predicted octanol–water partition coefficient (Wildman–Crippen LogP) is 3.40. The summed E-state index contributed by atoms with van der Waals surface area (Å²) < 4.78 is 40.5. The van der Waals surface area contributed by atoms with Gasteiger partial charge in [0.05, 0.1) is 23.0 Å². The lowest BCUT2D eigenvalue weighted by Gasteiger charge is -2.60. The number of rotatable bonds is 3. The molecule has 2 fully saturated rings. The van der Waals surface area contributed by atoms with Crippen molar-refractivity contribution in [3.8, 4) is 0 Å². The fourth-order valence-corrected chi connectivity index (χ4v) is 5.19. The van der Waals surface area contributed by atoms with Gasteiger partial charge in [-0.1, -0.05) is 0 Å². The van der Waals surface area contributed by atoms with E-state index >= 15 is 0 Å². The summed E-state index contributed by atoms with van der Waals surface area (Å²) >= 11 is 0. The number of nitrogens with zero attached hydrogens (tertiary/aromatic N) is 5. The monoisotopic (exact) mass is 462 g/mol. The molecule has 11 heteroatoms. The summed E-state index contributed by atoms with van der Waals surface area (Å²) in [5, 5.41) is 6.79. The van der Waals surface area contributed by atoms with Crippen LogP contribution in [0.1, 0.15) is 47.3 Å². The molecule has 0 atom stereocenters. The van der Waals surface area contributed by atoms with Gasteiger partial charge in [-0.25, -0.2) is 9.78 Å². The summed E-state index contributed by atoms with van der Waals surface area (Å²) in [4.78, 5) is 32.6. The zero-order valence-corrected chi connectivity index (χ0v) is 18.2. The standard InChI is InChI=1S/C22H25F3N6O2/c1-29(20(33)28-18-8-14(5-6-26-18)22(23,24)25)15-9-21(10-15)12-30(13-21)19(32)16-11-27-31-7-3-2-4-17(16)31/h5-6,8,11,15H,2-4,7,9-10,12-13H2,1H3,(H,26,28,33). The molecule has 3 amide bonds. The molecule has 0 aromatic carbocycles. The third kappa shape index (κ3) is 3.93. The first kappa shape index (κ1) is 21.7. The van der Waals surface area contributed by atoms with Crippen LogP contribution < -0.4 is 5.32 Å². The Morgan fingerprint density at radius 2 is 2.00 bits per heavy atom. The van der Waals surface area contributed by atoms with Gasteiger partial charge in [0, 0.05) is 44.3 Å². The van der Waals surface area contributed by atoms with Gasteiger partial charge in [-0.15, -0.1) is 0 Å². The van der Waals surface area contributed by atoms with Crippen LogP contribution in [0.4, 0.5) is 23.8 Å². The van der Waals surface area contributed by atoms with Crippen LogP contribution in [0.2, 0.25) is 0 Å². The first-order valence-electron chi connectivity index (χ1n) is 11.1. The number of halogens is 3. The molecule has 1 spiro atoms. The topological polar surface area (TPSA) is 83.4 Å². The number of amides is 3. The smallest absolute Gasteiger partial charge is 0.337 e. The average Bonchev–Trinajstić information content (AvgIpc) is 3.15. The number of likely N-dealkylation sites (tertiary alicyclic amines) is 1. The molecule has 1 saturated heterocycles. The van der Waals surface area contributed by atoms with Crippen LogP contribution in [0.25, 0.3) is 0 Å². The second-order valence-electron chi connectivity index (χ2n) is 9.38. The van der Waals surface area contributed by atoms with Gasteiger partial charge >= 0.3 is 12.2 Å². The van der Waals surface area contributed by atoms with Crippen LogP contribution in [0, 0.1) is 5.41 Å². The van der Waals surface area contributed by atoms with Gasteiger partial charge < -0.3 is 9.80 Å². The van der Waals surface area contributed by atoms with Crippen molar-refractivity contribution in [2.24, 2.45) is 5.41 Å². The Kier molecular flexibility index (Phi) is 5.09. The molecule has 0 bridgehead atoms. The van der Waals surface area contributed by atoms with Crippen LogP contribution >= 0.6 is 0 Å². The van der Waals surface area contributed by atoms with Gasteiger partial charge in [0.25, 0.3) is 5.91 Å². The van der Waals surface area contributed by atoms with Gasteiger partial charge in [0.2, 0.25) is 0 Å². The van der Waals surface area contributed by atoms with Crippen LogP contribution in [-0.4, -0.2) is 62.7 Å². The van der Waals surface area contributed by atoms with E-state index in [0.717, 1.165) is 62.7 Å². The Labute approximate surface area is 188 Å². The fraction of sp³-hybridized carbons (Fsp3) is 0.545. The average molecular weight is 462 g/mol. The molecular weight excluding hydrogens is 437 g/mol. The minimum absolute atomic E-state index is 0.0105. The molecule has 176 valence electrons. The van der Waals surface area contributed by atoms with Crippen molar-refractivity contribution in [3.63, 3.8) is 0 Å². The summed E-state index contributed by atoms with van der Waals surface area (Å²) in [5.74, 6) is -0.116. The van der Waals surface area contributed by atoms with E-state index < -0.39 is 17.8 Å². The summed E-state index contributed by atoms with van der Waals surface area (Å²) in [5.41, 5.74) is 0.872. The normalized spacial score (nSPS) is 19.5. The third-order valence-electron chi connectivity index (χ3n) is 7.08. The van der Waals surface area contributed by atoms with Crippen molar-refractivity contribution >= 4 is 17.8 Å². The van der Waals surface area contributed by atoms with E-state index in [9.17, 15) is 22.8 Å². The van der Waals surface area contributed by atoms with Crippen molar-refractivity contribution in [2.45, 2.75) is 50.9 Å². The number of alkyl halides is 3. The van der Waals surface area contributed by atoms with E-state index in [2.05, 4.69) is 15.4 Å². The van der Waals surface area contributed by atoms with Crippen LogP contribution in [0.3, 0.4) is 0 Å². The lowest BCUT2D eigenvalue weighted by atomic mass is 9.60. The van der Waals surface area contributed by atoms with Crippen LogP contribution in [0.15, 0.2) is 24.5 Å². The lowest BCUT2D eigenvalue weighted by molar-refractivity contribution is -0.137. The lowest BCUT2D eigenvalue weighted by Crippen LogP contribution is -2.67. The molecule has 0 radical (unpaired) electrons. The quantitative estimate of drug-likeness (QED) is 0.758. The number of urea groups is 1. The SMILES string of the molecule is CN(C(=O)Nc1cc(C(F)(F)F)ccn1)C1CC2(C1)CN(C(=O)c1cnn3c1CCCC3)C2. The molecule has 1 N–H and O–H groups in total. The first-order valence-corrected chi connectivity index (χ1v) is 11.1. The van der Waals surface area contributed by atoms with Crippen LogP contribution in [0.5, 0.6) is 0 Å². The Morgan fingerprint density at radius 1 is 1.24 bits per heavy atom. The molecular formula is C22H25F3N6O2. The molecule has 2 aromatic heterocycles. The second kappa shape index (κ2) is 7.74. The van der Waals surface area contributed by atoms with Crippen molar-refractivity contribution in [1.29, 1.82) is 0 Å². The van der Waals surface area contributed by atoms with Gasteiger partial charge in [-0.05, 0) is 44.2 Å². The Balaban J connectivity index is 1.13. The maximum Gasteiger partial charge on any atom is 0.416 e. The molecule has 2 aliphatic heterocycles. The maximum absolute atomic E-state index is 12.9. The Hall–Kier alpha value is -3.11. The Morgan fingerprint density at radius 3 is 2.73 bits per heavy atom. The van der Waals surface area contributed by atoms with Gasteiger partial charge in [0.15, 0.2) is 0 Å². The van der Waals surface area contributed by atoms with Gasteiger partial charge in [-0.3, -0.25) is 14.8 Å². The van der Waals surface area contributed by atoms with E-state index in [4.69, 9.17) is 0 Å². The molecule has 5 rings (SSSR count). The van der Waals surface area contributed by atoms with Crippen molar-refractivity contribution in [3.05, 3.63) is 41.3 Å². The predicted molar refractivity (Wildman–Crippen MR) is 113 cm³/mol. The highest BCUT2D eigenvalue weighted by molar-refractivity contribution is 5.96. The van der Waals surface area contributed by atoms with Gasteiger partial charge in [-0.2, -0.15) is 18.3 Å². The molecule has 3 aliphatic rings. The molecule has 33 heavy (non-hydrogen) atoms. The number of hydrogen-bond acceptors (Lipinski definition) is 4. The van der Waals surface area contributed by atoms with Crippen LogP contribution in [-0.2, 0) is 19.1 Å². The number of anilines is 1. The third-order valence-corrected chi connectivity index (χ3v) is 7.08. The number of fused-ring (bicyclic) bond motifs is 1. The van der Waals surface area contributed by atoms with Crippen molar-refractivity contribution < 1.29 is 22.8 Å². The molecule has 1 aliphatic carbocycles. The maximum atomic E-state index is 12.9. The van der Waals surface area contributed by atoms with Crippen molar-refractivity contribution in [1.82, 2.24) is 24.6 Å². The summed E-state index contributed by atoms with van der Waals surface area (Å²) in [6.45, 7) is 2.16. The number of carbonyl (C=O) groups excluding carboxylic acids is 2. The zero-order valence-electron chi connectivity index (χ0n) is 18.2. The van der Waals surface area contributed by atoms with E-state index in [1.54, 1.807) is 13.2 Å². The summed E-state index contributed by atoms with van der Waals surface area (Å²) in [6, 6.07) is 1.15. The highest BCUT2D eigenvalue weighted by Crippen LogP contribution is 2.50. The summed E-state index contributed by atoms with van der Waals surface area (Å²) in [7, 11) is 1.63. The minimum atomic E-state index is -4.50. The molecule has 4 heterocycles. The van der Waals surface area contributed by atoms with E-state index in [-0.39, 0.29) is 23.2 Å². The molecule has 0 unspecified atom stereocenters. The number of aryl methyl sites for hydroxylation is 1. The van der Waals surface area contributed by atoms with E-state index in [1.165, 1.54) is 4.90 Å². The number of aromatic nitrogens is 3.